The fourth-order valence-electron chi connectivity index (χ4n) is 5.11. The van der Waals surface area contributed by atoms with E-state index < -0.39 is 18.2 Å². The van der Waals surface area contributed by atoms with Gasteiger partial charge in [-0.3, -0.25) is 19.2 Å². The van der Waals surface area contributed by atoms with Crippen LogP contribution >= 0.6 is 0 Å². The van der Waals surface area contributed by atoms with Gasteiger partial charge in [0.05, 0.1) is 6.04 Å². The molecule has 0 radical (unpaired) electrons. The fraction of sp³-hybridized carbons (Fsp3) is 0.586. The fourth-order valence-corrected chi connectivity index (χ4v) is 5.11. The van der Waals surface area contributed by atoms with E-state index in [1.54, 1.807) is 11.8 Å². The quantitative estimate of drug-likeness (QED) is 0.508. The third kappa shape index (κ3) is 8.35. The zero-order valence-electron chi connectivity index (χ0n) is 24.1. The molecule has 2 aliphatic heterocycles. The number of hydrogen-bond acceptors (Lipinski definition) is 7. The summed E-state index contributed by atoms with van der Waals surface area (Å²) in [6, 6.07) is 8.07. The smallest absolute Gasteiger partial charge is 0.251 e. The third-order valence-electron chi connectivity index (χ3n) is 7.18. The molecule has 2 aliphatic rings. The highest BCUT2D eigenvalue weighted by atomic mass is 16.5. The molecule has 1 aromatic carbocycles. The summed E-state index contributed by atoms with van der Waals surface area (Å²) < 4.78 is 7.09. The van der Waals surface area contributed by atoms with E-state index in [-0.39, 0.29) is 55.6 Å². The predicted molar refractivity (Wildman–Crippen MR) is 151 cm³/mol. The first kappa shape index (κ1) is 30.2. The van der Waals surface area contributed by atoms with Crippen molar-refractivity contribution in [2.45, 2.75) is 77.6 Å². The van der Waals surface area contributed by atoms with Crippen LogP contribution in [0.25, 0.3) is 11.4 Å². The van der Waals surface area contributed by atoms with Crippen LogP contribution in [0.3, 0.4) is 0 Å². The molecule has 0 unspecified atom stereocenters. The molecule has 3 N–H and O–H groups in total. The number of fused-ring (bicyclic) bond motifs is 1. The van der Waals surface area contributed by atoms with Gasteiger partial charge in [-0.05, 0) is 38.5 Å². The molecular weight excluding hydrogens is 526 g/mol. The summed E-state index contributed by atoms with van der Waals surface area (Å²) in [7, 11) is 0. The highest BCUT2D eigenvalue weighted by Gasteiger charge is 2.29. The molecule has 1 fully saturated rings. The molecule has 4 rings (SSSR count). The maximum atomic E-state index is 13.4. The monoisotopic (exact) mass is 567 g/mol. The molecule has 0 bridgehead atoms. The van der Waals surface area contributed by atoms with Crippen LogP contribution in [0.4, 0.5) is 0 Å². The lowest BCUT2D eigenvalue weighted by molar-refractivity contribution is -0.141. The van der Waals surface area contributed by atoms with E-state index in [1.807, 2.05) is 44.2 Å². The average Bonchev–Trinajstić information content (AvgIpc) is 3.62. The lowest BCUT2D eigenvalue weighted by atomic mass is 10.0. The van der Waals surface area contributed by atoms with Crippen molar-refractivity contribution in [1.29, 1.82) is 0 Å². The molecule has 3 atom stereocenters. The van der Waals surface area contributed by atoms with Crippen molar-refractivity contribution < 1.29 is 23.9 Å². The number of hydrogen-bond donors (Lipinski definition) is 3. The number of carbonyl (C=O) groups is 4. The van der Waals surface area contributed by atoms with E-state index in [2.05, 4.69) is 26.0 Å². The first-order valence-corrected chi connectivity index (χ1v) is 14.5. The van der Waals surface area contributed by atoms with E-state index in [4.69, 9.17) is 4.74 Å². The van der Waals surface area contributed by atoms with Gasteiger partial charge < -0.3 is 25.6 Å². The summed E-state index contributed by atoms with van der Waals surface area (Å²) in [5.41, 5.74) is 0.779. The first-order valence-electron chi connectivity index (χ1n) is 14.5. The van der Waals surface area contributed by atoms with Crippen LogP contribution in [0.2, 0.25) is 0 Å². The molecule has 0 saturated carbocycles. The van der Waals surface area contributed by atoms with Crippen molar-refractivity contribution in [3.63, 3.8) is 0 Å². The van der Waals surface area contributed by atoms with Gasteiger partial charge in [0.25, 0.3) is 5.91 Å². The number of ether oxygens (including phenoxy) is 1. The summed E-state index contributed by atoms with van der Waals surface area (Å²) in [5, 5.41) is 13.3. The number of rotatable bonds is 4. The van der Waals surface area contributed by atoms with E-state index >= 15 is 0 Å². The van der Waals surface area contributed by atoms with E-state index in [0.29, 0.717) is 44.1 Å². The Hall–Kier alpha value is -3.80. The molecule has 1 saturated heterocycles. The third-order valence-corrected chi connectivity index (χ3v) is 7.18. The Labute approximate surface area is 240 Å². The van der Waals surface area contributed by atoms with Crippen LogP contribution in [0.15, 0.2) is 30.3 Å². The van der Waals surface area contributed by atoms with Crippen molar-refractivity contribution in [2.24, 2.45) is 5.92 Å². The van der Waals surface area contributed by atoms with Gasteiger partial charge in [0.2, 0.25) is 17.7 Å². The molecule has 222 valence electrons. The van der Waals surface area contributed by atoms with Gasteiger partial charge in [0.1, 0.15) is 24.5 Å². The van der Waals surface area contributed by atoms with Crippen LogP contribution in [0.5, 0.6) is 0 Å². The Morgan fingerprint density at radius 1 is 1.07 bits per heavy atom. The summed E-state index contributed by atoms with van der Waals surface area (Å²) in [6.07, 6.45) is 2.03. The largest absolute Gasteiger partial charge is 0.368 e. The molecule has 41 heavy (non-hydrogen) atoms. The minimum Gasteiger partial charge on any atom is -0.368 e. The molecule has 2 aromatic rings. The summed E-state index contributed by atoms with van der Waals surface area (Å²) in [4.78, 5) is 58.7. The van der Waals surface area contributed by atoms with Gasteiger partial charge in [-0.1, -0.05) is 44.2 Å². The van der Waals surface area contributed by atoms with Crippen molar-refractivity contribution in [3.8, 4) is 11.4 Å². The Bertz CT molecular complexity index is 1210. The molecule has 12 heteroatoms. The normalized spacial score (nSPS) is 23.4. The number of carbonyl (C=O) groups excluding carboxylic acids is 4. The number of amides is 4. The lowest BCUT2D eigenvalue weighted by Crippen LogP contribution is -2.48. The SMILES string of the molecule is CC(C)C[C@H]1NC(=O)CCCN(C(=O)[C@@H]2CCCO2)CCNC(=O)Cn2nc(-c3ccccc3)nc2[C@H](C)NC1=O. The topological polar surface area (TPSA) is 148 Å². The predicted octanol–water partition coefficient (Wildman–Crippen LogP) is 1.57. The maximum absolute atomic E-state index is 13.4. The zero-order chi connectivity index (χ0) is 29.4. The highest BCUT2D eigenvalue weighted by molar-refractivity contribution is 5.88. The minimum atomic E-state index is -0.737. The molecule has 4 amide bonds. The van der Waals surface area contributed by atoms with Crippen molar-refractivity contribution >= 4 is 23.6 Å². The summed E-state index contributed by atoms with van der Waals surface area (Å²) >= 11 is 0. The highest BCUT2D eigenvalue weighted by Crippen LogP contribution is 2.20. The van der Waals surface area contributed by atoms with Crippen LogP contribution in [-0.4, -0.2) is 81.7 Å². The summed E-state index contributed by atoms with van der Waals surface area (Å²) in [5.74, 6) is -0.00289. The van der Waals surface area contributed by atoms with Crippen molar-refractivity contribution in [2.75, 3.05) is 26.2 Å². The minimum absolute atomic E-state index is 0.110. The Morgan fingerprint density at radius 2 is 1.85 bits per heavy atom. The van der Waals surface area contributed by atoms with E-state index in [9.17, 15) is 19.2 Å². The Morgan fingerprint density at radius 3 is 2.56 bits per heavy atom. The molecule has 0 spiro atoms. The van der Waals surface area contributed by atoms with Crippen LogP contribution in [0, 0.1) is 5.92 Å². The van der Waals surface area contributed by atoms with Crippen LogP contribution < -0.4 is 16.0 Å². The second-order valence-corrected chi connectivity index (χ2v) is 11.1. The Kier molecular flexibility index (Phi) is 10.4. The molecule has 12 nitrogen and oxygen atoms in total. The second-order valence-electron chi connectivity index (χ2n) is 11.1. The van der Waals surface area contributed by atoms with Gasteiger partial charge in [0.15, 0.2) is 5.82 Å². The molecule has 1 aromatic heterocycles. The first-order chi connectivity index (χ1) is 19.7. The van der Waals surface area contributed by atoms with E-state index in [0.717, 1.165) is 12.0 Å². The zero-order valence-corrected chi connectivity index (χ0v) is 24.1. The van der Waals surface area contributed by atoms with Gasteiger partial charge in [-0.15, -0.1) is 0 Å². The molecule has 3 heterocycles. The lowest BCUT2D eigenvalue weighted by Gasteiger charge is -2.25. The number of aromatic nitrogens is 3. The van der Waals surface area contributed by atoms with Gasteiger partial charge >= 0.3 is 0 Å². The summed E-state index contributed by atoms with van der Waals surface area (Å²) in [6.45, 7) is 7.06. The van der Waals surface area contributed by atoms with Gasteiger partial charge in [0, 0.05) is 38.2 Å². The number of benzene rings is 1. The van der Waals surface area contributed by atoms with Crippen LogP contribution in [-0.2, 0) is 30.5 Å². The molecular formula is C29H41N7O5. The van der Waals surface area contributed by atoms with Crippen LogP contribution in [0.1, 0.15) is 64.7 Å². The molecule has 0 aliphatic carbocycles. The Balaban J connectivity index is 1.60. The van der Waals surface area contributed by atoms with Gasteiger partial charge in [-0.25, -0.2) is 9.67 Å². The standard InChI is InChI=1S/C29H41N7O5/c1-19(2)17-22-28(39)31-20(3)27-33-26(21-9-5-4-6-10-21)34-36(27)18-25(38)30-13-15-35(14-7-12-24(37)32-22)29(40)23-11-8-16-41-23/h4-6,9-10,19-20,22-23H,7-8,11-18H2,1-3H3,(H,30,38)(H,31,39)(H,32,37)/t20-,22+,23-/m0/s1. The maximum Gasteiger partial charge on any atom is 0.251 e. The van der Waals surface area contributed by atoms with Crippen molar-refractivity contribution in [3.05, 3.63) is 36.2 Å². The average molecular weight is 568 g/mol. The number of nitrogens with zero attached hydrogens (tertiary/aromatic N) is 4. The number of nitrogens with one attached hydrogen (secondary N) is 3. The second kappa shape index (κ2) is 14.2. The van der Waals surface area contributed by atoms with E-state index in [1.165, 1.54) is 4.68 Å². The van der Waals surface area contributed by atoms with Gasteiger partial charge in [-0.2, -0.15) is 5.10 Å². The van der Waals surface area contributed by atoms with Crippen molar-refractivity contribution in [1.82, 2.24) is 35.6 Å².